The van der Waals surface area contributed by atoms with E-state index in [1.807, 2.05) is 0 Å². The molecule has 2 atom stereocenters. The van der Waals surface area contributed by atoms with Gasteiger partial charge < -0.3 is 15.1 Å². The third-order valence-corrected chi connectivity index (χ3v) is 13.0. The van der Waals surface area contributed by atoms with Crippen molar-refractivity contribution in [3.8, 4) is 0 Å². The molecule has 0 radical (unpaired) electrons. The smallest absolute Gasteiger partial charge is 0.397 e. The minimum absolute atomic E-state index is 0.0359. The number of nitrogens with zero attached hydrogens (tertiary/aromatic N) is 2. The Morgan fingerprint density at radius 1 is 0.672 bits per heavy atom. The van der Waals surface area contributed by atoms with Crippen molar-refractivity contribution in [1.29, 1.82) is 0 Å². The van der Waals surface area contributed by atoms with E-state index in [2.05, 4.69) is 29.9 Å². The maximum Gasteiger partial charge on any atom is 0.397 e. The van der Waals surface area contributed by atoms with Crippen molar-refractivity contribution < 1.29 is 41.8 Å². The van der Waals surface area contributed by atoms with Crippen LogP contribution in [0, 0.1) is 5.41 Å². The SMILES string of the molecule is CC1(C(=O)O)C=CC=C(C(=O)O)C1.CCCCCCCCCCCCCCCCCCC1=NC(N)(C(=O)CCCCCCCCCCCCCCCCC)CN1CC.COS(=O)(=O)O. The molecule has 2 unspecified atom stereocenters. The Kier molecular flexibility index (Phi) is 36.9. The topological polar surface area (TPSA) is 197 Å². The predicted molar refractivity (Wildman–Crippen MR) is 264 cm³/mol. The number of Topliss-reactive ketones (excluding diaryl/α,β-unsaturated/α-hetero) is 1. The highest BCUT2D eigenvalue weighted by Crippen LogP contribution is 2.31. The summed E-state index contributed by atoms with van der Waals surface area (Å²) in [4.78, 5) is 41.5. The number of likely N-dealkylation sites (N-methyl/N-ethyl adjacent to an activating group) is 1. The standard InChI is InChI=1S/C41H81N3O.C9H10O4.CH4O4S/c1-4-7-9-11-13-15-17-19-21-23-25-27-29-31-33-35-37-40-43-41(42,38-44(40)6-3)39(45)36-34-32-30-28-26-24-22-20-18-16-14-12-10-8-5-2;1-9(8(12)13)4-2-3-6(5-9)7(10)11;1-5-6(2,3)4/h4-38,42H2,1-3H3;2-4H,5H2,1H3,(H,10,11)(H,12,13);1H3,(H,2,3,4). The normalized spacial score (nSPS) is 18.1. The number of carbonyl (C=O) groups is 3. The van der Waals surface area contributed by atoms with Gasteiger partial charge in [0.05, 0.1) is 19.1 Å². The molecule has 0 saturated heterocycles. The molecule has 5 N–H and O–H groups in total. The van der Waals surface area contributed by atoms with Crippen molar-refractivity contribution >= 4 is 34.0 Å². The highest BCUT2D eigenvalue weighted by Gasteiger charge is 2.40. The van der Waals surface area contributed by atoms with Crippen LogP contribution in [0.15, 0.2) is 28.8 Å². The van der Waals surface area contributed by atoms with Crippen LogP contribution in [0.25, 0.3) is 0 Å². The van der Waals surface area contributed by atoms with E-state index in [1.165, 1.54) is 205 Å². The summed E-state index contributed by atoms with van der Waals surface area (Å²) in [7, 11) is -3.29. The Morgan fingerprint density at radius 2 is 1.03 bits per heavy atom. The minimum Gasteiger partial charge on any atom is -0.481 e. The van der Waals surface area contributed by atoms with Gasteiger partial charge in [0.25, 0.3) is 0 Å². The van der Waals surface area contributed by atoms with E-state index >= 15 is 0 Å². The molecule has 374 valence electrons. The Labute approximate surface area is 391 Å². The average Bonchev–Trinajstić information content (AvgIpc) is 3.61. The lowest BCUT2D eigenvalue weighted by Gasteiger charge is -2.23. The van der Waals surface area contributed by atoms with Crippen LogP contribution in [0.1, 0.15) is 246 Å². The highest BCUT2D eigenvalue weighted by molar-refractivity contribution is 7.80. The van der Waals surface area contributed by atoms with Crippen LogP contribution >= 0.6 is 0 Å². The lowest BCUT2D eigenvalue weighted by molar-refractivity contribution is -0.145. The first kappa shape index (κ1) is 61.4. The van der Waals surface area contributed by atoms with Gasteiger partial charge in [0.1, 0.15) is 5.84 Å². The molecule has 13 heteroatoms. The molecule has 1 aliphatic heterocycles. The molecule has 0 aromatic carbocycles. The number of ketones is 1. The molecule has 2 aliphatic rings. The fraction of sp³-hybridized carbons (Fsp3) is 0.843. The lowest BCUT2D eigenvalue weighted by Crippen LogP contribution is -2.50. The zero-order valence-electron chi connectivity index (χ0n) is 41.4. The van der Waals surface area contributed by atoms with Gasteiger partial charge in [-0.1, -0.05) is 218 Å². The van der Waals surface area contributed by atoms with Crippen molar-refractivity contribution in [2.45, 2.75) is 252 Å². The molecule has 12 nitrogen and oxygen atoms in total. The number of rotatable bonds is 38. The number of hydrogen-bond acceptors (Lipinski definition) is 9. The summed E-state index contributed by atoms with van der Waals surface area (Å²) in [6, 6.07) is 0. The summed E-state index contributed by atoms with van der Waals surface area (Å²) in [6.07, 6.45) is 48.3. The summed E-state index contributed by atoms with van der Waals surface area (Å²) in [6.45, 7) is 9.72. The first-order valence-electron chi connectivity index (χ1n) is 25.6. The molecule has 0 fully saturated rings. The van der Waals surface area contributed by atoms with E-state index in [0.29, 0.717) is 13.0 Å². The first-order valence-corrected chi connectivity index (χ1v) is 27.0. The quantitative estimate of drug-likeness (QED) is 0.0340. The zero-order valence-corrected chi connectivity index (χ0v) is 42.2. The van der Waals surface area contributed by atoms with Gasteiger partial charge in [-0.2, -0.15) is 8.42 Å². The molecule has 64 heavy (non-hydrogen) atoms. The third-order valence-electron chi connectivity index (χ3n) is 12.5. The Hall–Kier alpha value is -2.61. The summed E-state index contributed by atoms with van der Waals surface area (Å²) in [5, 5.41) is 17.5. The van der Waals surface area contributed by atoms with Gasteiger partial charge in [0.15, 0.2) is 11.4 Å². The Morgan fingerprint density at radius 3 is 1.36 bits per heavy atom. The number of aliphatic carboxylic acids is 2. The van der Waals surface area contributed by atoms with Crippen molar-refractivity contribution in [1.82, 2.24) is 4.90 Å². The summed E-state index contributed by atoms with van der Waals surface area (Å²) < 4.78 is 29.7. The van der Waals surface area contributed by atoms with E-state index in [0.717, 1.165) is 45.2 Å². The predicted octanol–water partition coefficient (Wildman–Crippen LogP) is 13.3. The van der Waals surface area contributed by atoms with Crippen LogP contribution < -0.4 is 5.73 Å². The molecular weight excluding hydrogens is 831 g/mol. The molecule has 0 spiro atoms. The van der Waals surface area contributed by atoms with E-state index in [4.69, 9.17) is 25.5 Å². The van der Waals surface area contributed by atoms with Crippen LogP contribution in [-0.2, 0) is 29.0 Å². The number of carboxylic acids is 2. The molecule has 0 aromatic heterocycles. The van der Waals surface area contributed by atoms with Crippen LogP contribution in [0.4, 0.5) is 0 Å². The van der Waals surface area contributed by atoms with Gasteiger partial charge in [0.2, 0.25) is 0 Å². The second-order valence-electron chi connectivity index (χ2n) is 18.5. The van der Waals surface area contributed by atoms with E-state index in [9.17, 15) is 22.8 Å². The molecule has 0 saturated carbocycles. The fourth-order valence-electron chi connectivity index (χ4n) is 8.27. The van der Waals surface area contributed by atoms with E-state index < -0.39 is 33.4 Å². The monoisotopic (exact) mass is 926 g/mol. The van der Waals surface area contributed by atoms with Gasteiger partial charge in [-0.15, -0.1) is 0 Å². The maximum absolute atomic E-state index is 13.1. The summed E-state index contributed by atoms with van der Waals surface area (Å²) >= 11 is 0. The third kappa shape index (κ3) is 32.1. The molecule has 1 aliphatic carbocycles. The highest BCUT2D eigenvalue weighted by atomic mass is 32.3. The van der Waals surface area contributed by atoms with Gasteiger partial charge >= 0.3 is 22.3 Å². The number of hydrogen-bond donors (Lipinski definition) is 4. The Bertz CT molecular complexity index is 1430. The number of carbonyl (C=O) groups excluding carboxylic acids is 1. The first-order chi connectivity index (χ1) is 30.6. The number of unbranched alkanes of at least 4 members (excludes halogenated alkanes) is 29. The van der Waals surface area contributed by atoms with Gasteiger partial charge in [-0.25, -0.2) is 9.79 Å². The number of nitrogens with two attached hydrogens (primary N) is 1. The maximum atomic E-state index is 13.1. The number of amidine groups is 1. The molecule has 0 aromatic rings. The number of carboxylic acid groups (broad SMARTS) is 2. The van der Waals surface area contributed by atoms with Crippen molar-refractivity contribution in [3.05, 3.63) is 23.8 Å². The number of allylic oxidation sites excluding steroid dienone is 2. The van der Waals surface area contributed by atoms with Crippen molar-refractivity contribution in [2.75, 3.05) is 20.2 Å². The average molecular weight is 926 g/mol. The van der Waals surface area contributed by atoms with Gasteiger partial charge in [-0.05, 0) is 33.1 Å². The second kappa shape index (κ2) is 38.5. The van der Waals surface area contributed by atoms with E-state index in [-0.39, 0.29) is 17.8 Å². The van der Waals surface area contributed by atoms with Gasteiger partial charge in [0, 0.05) is 25.0 Å². The largest absolute Gasteiger partial charge is 0.481 e. The fourth-order valence-corrected chi connectivity index (χ4v) is 8.27. The Balaban J connectivity index is 0.00000171. The van der Waals surface area contributed by atoms with Crippen LogP contribution in [0.2, 0.25) is 0 Å². The summed E-state index contributed by atoms with van der Waals surface area (Å²) in [5.74, 6) is -0.833. The molecule has 0 bridgehead atoms. The molecule has 1 heterocycles. The lowest BCUT2D eigenvalue weighted by atomic mass is 9.80. The zero-order chi connectivity index (χ0) is 48.0. The van der Waals surface area contributed by atoms with Gasteiger partial charge in [-0.3, -0.25) is 24.1 Å². The van der Waals surface area contributed by atoms with Crippen LogP contribution in [0.3, 0.4) is 0 Å². The van der Waals surface area contributed by atoms with Crippen molar-refractivity contribution in [2.24, 2.45) is 16.1 Å². The molecule has 0 amide bonds. The van der Waals surface area contributed by atoms with Crippen LogP contribution in [0.5, 0.6) is 0 Å². The van der Waals surface area contributed by atoms with Crippen molar-refractivity contribution in [3.63, 3.8) is 0 Å². The summed E-state index contributed by atoms with van der Waals surface area (Å²) in [5.41, 5.74) is 4.65. The minimum atomic E-state index is -4.16. The number of aliphatic imine (C=N–C) groups is 1. The molecule has 2 rings (SSSR count). The van der Waals surface area contributed by atoms with Crippen LogP contribution in [-0.4, -0.2) is 77.5 Å². The van der Waals surface area contributed by atoms with E-state index in [1.54, 1.807) is 0 Å². The molecular formula is C51H95N3O9S. The second-order valence-corrected chi connectivity index (χ2v) is 19.7.